The summed E-state index contributed by atoms with van der Waals surface area (Å²) in [6.07, 6.45) is 1.63. The largest absolute Gasteiger partial charge is 0.458 e. The van der Waals surface area contributed by atoms with E-state index in [-0.39, 0.29) is 23.5 Å². The number of imidazole rings is 1. The number of fused-ring (bicyclic) bond motifs is 1. The second-order valence-electron chi connectivity index (χ2n) is 6.93. The van der Waals surface area contributed by atoms with Crippen LogP contribution in [0.5, 0.6) is 0 Å². The molecule has 0 aliphatic carbocycles. The van der Waals surface area contributed by atoms with Crippen LogP contribution in [-0.2, 0) is 0 Å². The summed E-state index contributed by atoms with van der Waals surface area (Å²) < 4.78 is 24.3. The number of H-pyrrole nitrogens is 1. The van der Waals surface area contributed by atoms with Crippen LogP contribution in [-0.4, -0.2) is 32.5 Å². The molecule has 1 aliphatic heterocycles. The molecule has 3 aromatic heterocycles. The van der Waals surface area contributed by atoms with E-state index >= 15 is 0 Å². The molecule has 1 N–H and O–H groups in total. The van der Waals surface area contributed by atoms with Crippen molar-refractivity contribution in [2.24, 2.45) is 0 Å². The zero-order valence-electron chi connectivity index (χ0n) is 15.1. The Labute approximate surface area is 159 Å². The fourth-order valence-electron chi connectivity index (χ4n) is 3.66. The molecule has 4 aromatic rings. The second-order valence-corrected chi connectivity index (χ2v) is 6.93. The molecule has 0 saturated carbocycles. The van der Waals surface area contributed by atoms with Crippen molar-refractivity contribution in [3.8, 4) is 11.5 Å². The molecule has 5 rings (SSSR count). The van der Waals surface area contributed by atoms with Crippen LogP contribution in [0.25, 0.3) is 22.6 Å². The van der Waals surface area contributed by atoms with E-state index in [0.29, 0.717) is 34.9 Å². The number of halogens is 1. The summed E-state index contributed by atoms with van der Waals surface area (Å²) in [4.78, 5) is 22.4. The number of likely N-dealkylation sites (tertiary alicyclic amines) is 1. The topological polar surface area (TPSA) is 88.2 Å². The number of hydrogen-bond acceptors (Lipinski definition) is 5. The molecular weight excluding hydrogens is 363 g/mol. The molecule has 142 valence electrons. The summed E-state index contributed by atoms with van der Waals surface area (Å²) in [5.41, 5.74) is 1.51. The zero-order chi connectivity index (χ0) is 19.3. The van der Waals surface area contributed by atoms with Crippen LogP contribution >= 0.6 is 0 Å². The molecule has 4 heterocycles. The molecule has 1 saturated heterocycles. The Balaban J connectivity index is 1.43. The first-order valence-electron chi connectivity index (χ1n) is 9.08. The third-order valence-corrected chi connectivity index (χ3v) is 5.00. The fourth-order valence-corrected chi connectivity index (χ4v) is 3.66. The number of aromatic nitrogens is 3. The predicted octanol–water partition coefficient (Wildman–Crippen LogP) is 4.24. The number of carbonyl (C=O) groups is 1. The third kappa shape index (κ3) is 2.77. The summed E-state index contributed by atoms with van der Waals surface area (Å²) >= 11 is 0. The van der Waals surface area contributed by atoms with Crippen LogP contribution < -0.4 is 0 Å². The maximum Gasteiger partial charge on any atom is 0.276 e. The summed E-state index contributed by atoms with van der Waals surface area (Å²) in [6.45, 7) is 2.43. The highest BCUT2D eigenvalue weighted by Crippen LogP contribution is 2.33. The Hall–Kier alpha value is -3.42. The van der Waals surface area contributed by atoms with Gasteiger partial charge in [0.15, 0.2) is 11.5 Å². The van der Waals surface area contributed by atoms with Crippen LogP contribution in [0.15, 0.2) is 45.3 Å². The SMILES string of the molecule is Cc1ccc(-c2cc(C(=O)N3CCCC3c3nc4ccc(F)cc4[nH]3)no2)o1. The minimum absolute atomic E-state index is 0.214. The Morgan fingerprint density at radius 3 is 2.96 bits per heavy atom. The Kier molecular flexibility index (Phi) is 3.78. The van der Waals surface area contributed by atoms with Crippen LogP contribution in [0.3, 0.4) is 0 Å². The van der Waals surface area contributed by atoms with Gasteiger partial charge in [-0.3, -0.25) is 4.79 Å². The lowest BCUT2D eigenvalue weighted by molar-refractivity contribution is 0.0720. The number of hydrogen-bond donors (Lipinski definition) is 1. The summed E-state index contributed by atoms with van der Waals surface area (Å²) in [7, 11) is 0. The van der Waals surface area contributed by atoms with E-state index in [1.807, 2.05) is 13.0 Å². The highest BCUT2D eigenvalue weighted by molar-refractivity contribution is 5.93. The number of carbonyl (C=O) groups excluding carboxylic acids is 1. The average molecular weight is 380 g/mol. The van der Waals surface area contributed by atoms with Gasteiger partial charge in [-0.25, -0.2) is 9.37 Å². The lowest BCUT2D eigenvalue weighted by Gasteiger charge is -2.21. The third-order valence-electron chi connectivity index (χ3n) is 5.00. The number of amides is 1. The van der Waals surface area contributed by atoms with Gasteiger partial charge in [-0.15, -0.1) is 0 Å². The summed E-state index contributed by atoms with van der Waals surface area (Å²) in [5.74, 6) is 1.78. The predicted molar refractivity (Wildman–Crippen MR) is 98.0 cm³/mol. The van der Waals surface area contributed by atoms with Crippen molar-refractivity contribution in [3.05, 3.63) is 59.5 Å². The van der Waals surface area contributed by atoms with Gasteiger partial charge in [0.25, 0.3) is 5.91 Å². The molecule has 28 heavy (non-hydrogen) atoms. The van der Waals surface area contributed by atoms with Crippen molar-refractivity contribution < 1.29 is 18.1 Å². The van der Waals surface area contributed by atoms with Crippen molar-refractivity contribution in [2.75, 3.05) is 6.54 Å². The van der Waals surface area contributed by atoms with Crippen molar-refractivity contribution in [2.45, 2.75) is 25.8 Å². The van der Waals surface area contributed by atoms with Crippen molar-refractivity contribution >= 4 is 16.9 Å². The molecule has 1 atom stereocenters. The fraction of sp³-hybridized carbons (Fsp3) is 0.250. The number of nitrogens with zero attached hydrogens (tertiary/aromatic N) is 3. The molecule has 8 heteroatoms. The van der Waals surface area contributed by atoms with Crippen LogP contribution in [0.2, 0.25) is 0 Å². The number of furan rings is 1. The van der Waals surface area contributed by atoms with Crippen LogP contribution in [0, 0.1) is 12.7 Å². The Bertz CT molecular complexity index is 1180. The van der Waals surface area contributed by atoms with Gasteiger partial charge in [-0.2, -0.15) is 0 Å². The van der Waals surface area contributed by atoms with Gasteiger partial charge in [0.2, 0.25) is 5.76 Å². The Morgan fingerprint density at radius 1 is 1.25 bits per heavy atom. The van der Waals surface area contributed by atoms with E-state index in [9.17, 15) is 9.18 Å². The number of benzene rings is 1. The van der Waals surface area contributed by atoms with Gasteiger partial charge in [-0.1, -0.05) is 5.16 Å². The molecule has 0 radical (unpaired) electrons. The van der Waals surface area contributed by atoms with Gasteiger partial charge >= 0.3 is 0 Å². The molecule has 1 aromatic carbocycles. The average Bonchev–Trinajstić information content (AvgIpc) is 3.45. The van der Waals surface area contributed by atoms with E-state index in [1.165, 1.54) is 12.1 Å². The molecule has 7 nitrogen and oxygen atoms in total. The van der Waals surface area contributed by atoms with Gasteiger partial charge in [0.05, 0.1) is 17.1 Å². The zero-order valence-corrected chi connectivity index (χ0v) is 15.1. The second kappa shape index (κ2) is 6.33. The van der Waals surface area contributed by atoms with Crippen LogP contribution in [0.4, 0.5) is 4.39 Å². The maximum absolute atomic E-state index is 13.5. The maximum atomic E-state index is 13.5. The monoisotopic (exact) mass is 380 g/mol. The smallest absolute Gasteiger partial charge is 0.276 e. The standard InChI is InChI=1S/C20H17FN4O3/c1-11-4-7-17(27-11)18-10-15(24-28-18)20(26)25-8-2-3-16(25)19-22-13-6-5-12(21)9-14(13)23-19/h4-7,9-10,16H,2-3,8H2,1H3,(H,22,23). The van der Waals surface area contributed by atoms with E-state index in [0.717, 1.165) is 18.6 Å². The number of rotatable bonds is 3. The van der Waals surface area contributed by atoms with E-state index in [1.54, 1.807) is 23.1 Å². The first-order chi connectivity index (χ1) is 13.6. The van der Waals surface area contributed by atoms with E-state index in [2.05, 4.69) is 15.1 Å². The van der Waals surface area contributed by atoms with Gasteiger partial charge in [0, 0.05) is 12.6 Å². The quantitative estimate of drug-likeness (QED) is 0.574. The molecule has 1 fully saturated rings. The Morgan fingerprint density at radius 2 is 2.14 bits per heavy atom. The number of nitrogens with one attached hydrogen (secondary N) is 1. The van der Waals surface area contributed by atoms with Crippen molar-refractivity contribution in [1.29, 1.82) is 0 Å². The molecular formula is C20H17FN4O3. The lowest BCUT2D eigenvalue weighted by Crippen LogP contribution is -2.31. The lowest BCUT2D eigenvalue weighted by atomic mass is 10.2. The summed E-state index contributed by atoms with van der Waals surface area (Å²) in [5, 5.41) is 3.92. The van der Waals surface area contributed by atoms with Crippen molar-refractivity contribution in [3.63, 3.8) is 0 Å². The van der Waals surface area contributed by atoms with Gasteiger partial charge < -0.3 is 18.8 Å². The molecule has 1 amide bonds. The van der Waals surface area contributed by atoms with Gasteiger partial charge in [-0.05, 0) is 50.1 Å². The number of aromatic amines is 1. The van der Waals surface area contributed by atoms with Gasteiger partial charge in [0.1, 0.15) is 17.4 Å². The minimum atomic E-state index is -0.328. The van der Waals surface area contributed by atoms with E-state index in [4.69, 9.17) is 8.94 Å². The van der Waals surface area contributed by atoms with E-state index < -0.39 is 0 Å². The normalized spacial score (nSPS) is 16.9. The first kappa shape index (κ1) is 16.7. The summed E-state index contributed by atoms with van der Waals surface area (Å²) in [6, 6.07) is 9.37. The van der Waals surface area contributed by atoms with Crippen LogP contribution in [0.1, 0.15) is 41.0 Å². The molecule has 1 aliphatic rings. The highest BCUT2D eigenvalue weighted by Gasteiger charge is 2.34. The highest BCUT2D eigenvalue weighted by atomic mass is 19.1. The number of aryl methyl sites for hydroxylation is 1. The molecule has 1 unspecified atom stereocenters. The molecule has 0 bridgehead atoms. The minimum Gasteiger partial charge on any atom is -0.458 e. The first-order valence-corrected chi connectivity index (χ1v) is 9.08. The molecule has 0 spiro atoms. The van der Waals surface area contributed by atoms with Crippen molar-refractivity contribution in [1.82, 2.24) is 20.0 Å².